The second kappa shape index (κ2) is 6.40. The van der Waals surface area contributed by atoms with Crippen LogP contribution < -0.4 is 11.3 Å². The van der Waals surface area contributed by atoms with Gasteiger partial charge in [-0.05, 0) is 18.6 Å². The van der Waals surface area contributed by atoms with Crippen molar-refractivity contribution in [1.82, 2.24) is 15.2 Å². The molecule has 0 aliphatic carbocycles. The number of nitrogen functional groups attached to an aromatic ring is 1. The molecule has 0 aromatic carbocycles. The van der Waals surface area contributed by atoms with Crippen LogP contribution in [0.3, 0.4) is 0 Å². The number of carbonyl (C=O) groups excluding carboxylic acids is 3. The Morgan fingerprint density at radius 3 is 2.62 bits per heavy atom. The van der Waals surface area contributed by atoms with Crippen LogP contribution in [0.2, 0.25) is 0 Å². The van der Waals surface area contributed by atoms with Gasteiger partial charge in [-0.15, -0.1) is 0 Å². The Labute approximate surface area is 121 Å². The lowest BCUT2D eigenvalue weighted by Gasteiger charge is -2.33. The molecule has 0 unspecified atom stereocenters. The number of nitrogens with two attached hydrogens (primary N) is 1. The van der Waals surface area contributed by atoms with Gasteiger partial charge in [-0.3, -0.25) is 19.8 Å². The molecule has 0 radical (unpaired) electrons. The lowest BCUT2D eigenvalue weighted by molar-refractivity contribution is -0.150. The van der Waals surface area contributed by atoms with Crippen molar-refractivity contribution in [3.05, 3.63) is 23.7 Å². The molecule has 3 N–H and O–H groups in total. The fourth-order valence-corrected chi connectivity index (χ4v) is 2.16. The number of carbonyl (C=O) groups is 3. The standard InChI is InChI=1S/C13H18N4O4/c1-2-5-16-7-12(19)17(8-11(16)18)6-9-3-4-10(21-9)13(20)15-14/h3-4H,2,5-8,14H2,1H3,(H,15,20). The van der Waals surface area contributed by atoms with Crippen molar-refractivity contribution in [2.45, 2.75) is 19.9 Å². The Balaban J connectivity index is 2.00. The molecular formula is C13H18N4O4. The van der Waals surface area contributed by atoms with E-state index in [1.54, 1.807) is 11.0 Å². The van der Waals surface area contributed by atoms with Gasteiger partial charge in [0.1, 0.15) is 12.3 Å². The van der Waals surface area contributed by atoms with Gasteiger partial charge in [-0.25, -0.2) is 5.84 Å². The molecule has 0 spiro atoms. The maximum Gasteiger partial charge on any atom is 0.300 e. The Bertz CT molecular complexity index is 554. The first kappa shape index (κ1) is 15.0. The number of rotatable bonds is 5. The number of nitrogens with zero attached hydrogens (tertiary/aromatic N) is 2. The van der Waals surface area contributed by atoms with Gasteiger partial charge < -0.3 is 14.2 Å². The molecule has 114 valence electrons. The third-order valence-electron chi connectivity index (χ3n) is 3.21. The predicted octanol–water partition coefficient (Wildman–Crippen LogP) is -0.536. The summed E-state index contributed by atoms with van der Waals surface area (Å²) in [6, 6.07) is 3.05. The monoisotopic (exact) mass is 294 g/mol. The zero-order valence-electron chi connectivity index (χ0n) is 11.8. The summed E-state index contributed by atoms with van der Waals surface area (Å²) in [5.74, 6) is 4.74. The van der Waals surface area contributed by atoms with E-state index in [-0.39, 0.29) is 37.2 Å². The van der Waals surface area contributed by atoms with Crippen molar-refractivity contribution in [2.75, 3.05) is 19.6 Å². The van der Waals surface area contributed by atoms with Crippen LogP contribution in [-0.4, -0.2) is 47.2 Å². The lowest BCUT2D eigenvalue weighted by atomic mass is 10.2. The molecule has 2 heterocycles. The maximum atomic E-state index is 12.0. The third-order valence-corrected chi connectivity index (χ3v) is 3.21. The molecule has 0 saturated carbocycles. The molecule has 8 heteroatoms. The van der Waals surface area contributed by atoms with Crippen LogP contribution >= 0.6 is 0 Å². The van der Waals surface area contributed by atoms with E-state index in [0.29, 0.717) is 12.3 Å². The van der Waals surface area contributed by atoms with E-state index in [1.165, 1.54) is 11.0 Å². The quantitative estimate of drug-likeness (QED) is 0.431. The van der Waals surface area contributed by atoms with Gasteiger partial charge in [0.05, 0.1) is 13.1 Å². The number of hydrogen-bond donors (Lipinski definition) is 2. The Morgan fingerprint density at radius 2 is 1.95 bits per heavy atom. The van der Waals surface area contributed by atoms with E-state index < -0.39 is 5.91 Å². The van der Waals surface area contributed by atoms with E-state index in [4.69, 9.17) is 10.3 Å². The van der Waals surface area contributed by atoms with Gasteiger partial charge in [0.25, 0.3) is 0 Å². The predicted molar refractivity (Wildman–Crippen MR) is 72.6 cm³/mol. The average Bonchev–Trinajstić information content (AvgIpc) is 2.92. The highest BCUT2D eigenvalue weighted by Crippen LogP contribution is 2.14. The molecule has 0 atom stereocenters. The van der Waals surface area contributed by atoms with Crippen LogP contribution in [0.4, 0.5) is 0 Å². The van der Waals surface area contributed by atoms with E-state index >= 15 is 0 Å². The largest absolute Gasteiger partial charge is 0.454 e. The number of hydrogen-bond acceptors (Lipinski definition) is 5. The number of nitrogens with one attached hydrogen (secondary N) is 1. The highest BCUT2D eigenvalue weighted by Gasteiger charge is 2.29. The van der Waals surface area contributed by atoms with Gasteiger partial charge in [-0.2, -0.15) is 0 Å². The second-order valence-corrected chi connectivity index (χ2v) is 4.80. The summed E-state index contributed by atoms with van der Waals surface area (Å²) in [4.78, 5) is 38.2. The first-order chi connectivity index (χ1) is 10.0. The minimum absolute atomic E-state index is 0.0257. The lowest BCUT2D eigenvalue weighted by Crippen LogP contribution is -2.53. The van der Waals surface area contributed by atoms with Gasteiger partial charge in [0, 0.05) is 6.54 Å². The minimum atomic E-state index is -0.545. The second-order valence-electron chi connectivity index (χ2n) is 4.80. The number of furan rings is 1. The van der Waals surface area contributed by atoms with Crippen molar-refractivity contribution >= 4 is 17.7 Å². The zero-order chi connectivity index (χ0) is 15.4. The Kier molecular flexibility index (Phi) is 4.59. The van der Waals surface area contributed by atoms with E-state index in [0.717, 1.165) is 6.42 Å². The van der Waals surface area contributed by atoms with Crippen LogP contribution in [0.1, 0.15) is 29.7 Å². The molecule has 1 aliphatic rings. The summed E-state index contributed by atoms with van der Waals surface area (Å²) >= 11 is 0. The van der Waals surface area contributed by atoms with E-state index in [1.807, 2.05) is 12.3 Å². The van der Waals surface area contributed by atoms with Crippen LogP contribution in [-0.2, 0) is 16.1 Å². The fraction of sp³-hybridized carbons (Fsp3) is 0.462. The number of amides is 3. The van der Waals surface area contributed by atoms with Crippen molar-refractivity contribution in [3.63, 3.8) is 0 Å². The van der Waals surface area contributed by atoms with Crippen molar-refractivity contribution in [3.8, 4) is 0 Å². The topological polar surface area (TPSA) is 109 Å². The molecular weight excluding hydrogens is 276 g/mol. The molecule has 1 aliphatic heterocycles. The summed E-state index contributed by atoms with van der Waals surface area (Å²) in [6.45, 7) is 2.81. The number of hydrazine groups is 1. The summed E-state index contributed by atoms with van der Waals surface area (Å²) in [5.41, 5.74) is 1.96. The van der Waals surface area contributed by atoms with Gasteiger partial charge >= 0.3 is 5.91 Å². The maximum absolute atomic E-state index is 12.0. The molecule has 1 saturated heterocycles. The highest BCUT2D eigenvalue weighted by atomic mass is 16.4. The highest BCUT2D eigenvalue weighted by molar-refractivity contribution is 5.92. The Morgan fingerprint density at radius 1 is 1.29 bits per heavy atom. The van der Waals surface area contributed by atoms with E-state index in [9.17, 15) is 14.4 Å². The molecule has 8 nitrogen and oxygen atoms in total. The van der Waals surface area contributed by atoms with Crippen LogP contribution in [0.5, 0.6) is 0 Å². The molecule has 3 amide bonds. The molecule has 1 fully saturated rings. The van der Waals surface area contributed by atoms with Crippen LogP contribution in [0, 0.1) is 0 Å². The summed E-state index contributed by atoms with van der Waals surface area (Å²) < 4.78 is 5.29. The summed E-state index contributed by atoms with van der Waals surface area (Å²) in [7, 11) is 0. The molecule has 1 aromatic rings. The van der Waals surface area contributed by atoms with Crippen LogP contribution in [0.15, 0.2) is 16.5 Å². The van der Waals surface area contributed by atoms with Gasteiger partial charge in [-0.1, -0.05) is 6.92 Å². The first-order valence-electron chi connectivity index (χ1n) is 6.70. The number of piperazine rings is 1. The molecule has 2 rings (SSSR count). The minimum Gasteiger partial charge on any atom is -0.454 e. The first-order valence-corrected chi connectivity index (χ1v) is 6.70. The third kappa shape index (κ3) is 3.40. The van der Waals surface area contributed by atoms with Crippen LogP contribution in [0.25, 0.3) is 0 Å². The molecule has 0 bridgehead atoms. The van der Waals surface area contributed by atoms with Crippen molar-refractivity contribution < 1.29 is 18.8 Å². The fourth-order valence-electron chi connectivity index (χ4n) is 2.16. The zero-order valence-corrected chi connectivity index (χ0v) is 11.8. The van der Waals surface area contributed by atoms with Crippen molar-refractivity contribution in [1.29, 1.82) is 0 Å². The molecule has 1 aromatic heterocycles. The summed E-state index contributed by atoms with van der Waals surface area (Å²) in [5, 5.41) is 0. The smallest absolute Gasteiger partial charge is 0.300 e. The summed E-state index contributed by atoms with van der Waals surface area (Å²) in [6.07, 6.45) is 0.814. The van der Waals surface area contributed by atoms with E-state index in [2.05, 4.69) is 0 Å². The van der Waals surface area contributed by atoms with Gasteiger partial charge in [0.2, 0.25) is 11.8 Å². The van der Waals surface area contributed by atoms with Crippen molar-refractivity contribution in [2.24, 2.45) is 5.84 Å². The average molecular weight is 294 g/mol. The van der Waals surface area contributed by atoms with Gasteiger partial charge in [0.15, 0.2) is 5.76 Å². The Hall–Kier alpha value is -2.35. The normalized spacial score (nSPS) is 15.5. The molecule has 21 heavy (non-hydrogen) atoms. The SMILES string of the molecule is CCCN1CC(=O)N(Cc2ccc(C(=O)NN)o2)CC1=O.